The molecule has 0 bridgehead atoms. The summed E-state index contributed by atoms with van der Waals surface area (Å²) in [4.78, 5) is 85.1. The summed E-state index contributed by atoms with van der Waals surface area (Å²) in [7, 11) is 1.16. The second-order valence-electron chi connectivity index (χ2n) is 15.9. The molecule has 371 valence electrons. The molecule has 0 aromatic heterocycles. The number of piperidine rings is 1. The Labute approximate surface area is 394 Å². The van der Waals surface area contributed by atoms with Crippen LogP contribution in [-0.2, 0) is 50.6 Å². The van der Waals surface area contributed by atoms with Crippen molar-refractivity contribution in [2.75, 3.05) is 58.3 Å². The van der Waals surface area contributed by atoms with E-state index in [1.54, 1.807) is 0 Å². The van der Waals surface area contributed by atoms with Crippen LogP contribution in [0.5, 0.6) is 5.75 Å². The number of benzene rings is 1. The molecule has 0 saturated carbocycles. The number of unbranched alkanes of at least 4 members (excludes halogenated alkanes) is 6. The molecule has 2 rings (SSSR count). The van der Waals surface area contributed by atoms with E-state index in [4.69, 9.17) is 15.9 Å². The van der Waals surface area contributed by atoms with E-state index in [0.717, 1.165) is 7.11 Å². The van der Waals surface area contributed by atoms with Gasteiger partial charge in [0.15, 0.2) is 5.90 Å². The molecule has 1 aliphatic heterocycles. The minimum Gasteiger partial charge on any atom is -0.756 e. The molecular formula is C41H65FeN10O14. The number of rotatable bonds is 29. The molecule has 1 aromatic rings. The summed E-state index contributed by atoms with van der Waals surface area (Å²) >= 11 is 0. The van der Waals surface area contributed by atoms with E-state index < -0.39 is 71.2 Å². The molecule has 1 heterocycles. The third-order valence-electron chi connectivity index (χ3n) is 10.8. The number of amides is 7. The van der Waals surface area contributed by atoms with Crippen LogP contribution in [0, 0.1) is 26.9 Å². The summed E-state index contributed by atoms with van der Waals surface area (Å²) in [6.07, 6.45) is 3.48. The van der Waals surface area contributed by atoms with Gasteiger partial charge in [0.2, 0.25) is 35.4 Å². The Morgan fingerprint density at radius 2 is 1.26 bits per heavy atom. The zero-order chi connectivity index (χ0) is 48.7. The van der Waals surface area contributed by atoms with Crippen LogP contribution in [0.4, 0.5) is 5.69 Å². The Bertz CT molecular complexity index is 1800. The molecule has 66 heavy (non-hydrogen) atoms. The maximum absolute atomic E-state index is 12.9. The minimum absolute atomic E-state index is 0. The summed E-state index contributed by atoms with van der Waals surface area (Å²) in [5.74, 6) is -6.45. The molecule has 4 unspecified atom stereocenters. The van der Waals surface area contributed by atoms with E-state index in [9.17, 15) is 64.5 Å². The van der Waals surface area contributed by atoms with Crippen LogP contribution >= 0.6 is 0 Å². The maximum atomic E-state index is 12.9. The number of nitrogens with zero attached hydrogens (tertiary/aromatic N) is 3. The van der Waals surface area contributed by atoms with Crippen LogP contribution in [0.25, 0.3) is 0 Å². The molecule has 0 aliphatic carbocycles. The first-order chi connectivity index (χ1) is 30.7. The predicted molar refractivity (Wildman–Crippen MR) is 236 cm³/mol. The number of hydrogen-bond acceptors (Lipinski definition) is 17. The number of aromatic hydroxyl groups is 1. The average Bonchev–Trinajstić information content (AvgIpc) is 3.26. The number of nitrogens with one attached hydrogen (secondary N) is 6. The van der Waals surface area contributed by atoms with Crippen LogP contribution in [0.2, 0.25) is 0 Å². The Kier molecular flexibility index (Phi) is 26.3. The van der Waals surface area contributed by atoms with Gasteiger partial charge in [-0.05, 0) is 76.8 Å². The summed E-state index contributed by atoms with van der Waals surface area (Å²) in [5.41, 5.74) is 2.18. The van der Waals surface area contributed by atoms with Crippen molar-refractivity contribution >= 4 is 52.9 Å². The molecule has 1 aromatic carbocycles. The molecule has 1 saturated heterocycles. The summed E-state index contributed by atoms with van der Waals surface area (Å²) in [5, 5.41) is 89.6. The Balaban J connectivity index is 0.0000218. The molecule has 0 spiro atoms. The van der Waals surface area contributed by atoms with E-state index in [-0.39, 0.29) is 103 Å². The number of phenolic OH excluding ortho intramolecular Hbond substituents is 1. The van der Waals surface area contributed by atoms with Crippen LogP contribution in [0.3, 0.4) is 0 Å². The molecule has 24 nitrogen and oxygen atoms in total. The molecule has 1 aliphatic rings. The zero-order valence-electron chi connectivity index (χ0n) is 37.6. The molecule has 4 atom stereocenters. The van der Waals surface area contributed by atoms with E-state index >= 15 is 0 Å². The van der Waals surface area contributed by atoms with Crippen molar-refractivity contribution in [3.05, 3.63) is 39.4 Å². The van der Waals surface area contributed by atoms with Gasteiger partial charge in [-0.25, -0.2) is 0 Å². The van der Waals surface area contributed by atoms with E-state index in [2.05, 4.69) is 26.6 Å². The first-order valence-electron chi connectivity index (χ1n) is 21.6. The summed E-state index contributed by atoms with van der Waals surface area (Å²) < 4.78 is 4.83. The fraction of sp³-hybridized carbons (Fsp3) is 0.659. The van der Waals surface area contributed by atoms with Crippen molar-refractivity contribution in [3.8, 4) is 5.75 Å². The number of aliphatic hydroxyl groups excluding tert-OH is 1. The number of anilines is 1. The Morgan fingerprint density at radius 3 is 1.71 bits per heavy atom. The molecule has 1 radical (unpaired) electrons. The van der Waals surface area contributed by atoms with Crippen LogP contribution in [0.15, 0.2) is 18.2 Å². The van der Waals surface area contributed by atoms with E-state index in [1.165, 1.54) is 32.0 Å². The van der Waals surface area contributed by atoms with Gasteiger partial charge >= 0.3 is 17.1 Å². The number of ether oxygens (including phenoxy) is 1. The molecule has 7 amide bonds. The van der Waals surface area contributed by atoms with Gasteiger partial charge in [0.25, 0.3) is 5.91 Å². The van der Waals surface area contributed by atoms with Crippen molar-refractivity contribution < 1.29 is 70.7 Å². The van der Waals surface area contributed by atoms with Gasteiger partial charge < -0.3 is 83.2 Å². The number of carbonyl (C=O) groups is 7. The first kappa shape index (κ1) is 58.9. The van der Waals surface area contributed by atoms with Gasteiger partial charge in [-0.15, -0.1) is 0 Å². The van der Waals surface area contributed by atoms with Gasteiger partial charge in [0.05, 0.1) is 19.8 Å². The van der Waals surface area contributed by atoms with Crippen molar-refractivity contribution in [2.24, 2.45) is 11.7 Å². The average molecular weight is 978 g/mol. The molecule has 1 fully saturated rings. The van der Waals surface area contributed by atoms with Gasteiger partial charge in [-0.2, -0.15) is 0 Å². The van der Waals surface area contributed by atoms with Crippen molar-refractivity contribution in [2.45, 2.75) is 115 Å². The van der Waals surface area contributed by atoms with Crippen molar-refractivity contribution in [1.82, 2.24) is 36.5 Å². The number of methoxy groups -OCH3 is 1. The molecule has 25 heteroatoms. The predicted octanol–water partition coefficient (Wildman–Crippen LogP) is -0.0292. The molecule has 11 N–H and O–H groups in total. The van der Waals surface area contributed by atoms with Gasteiger partial charge in [0, 0.05) is 89.2 Å². The minimum atomic E-state index is -2.23. The summed E-state index contributed by atoms with van der Waals surface area (Å²) in [6.45, 7) is 2.27. The number of carbonyl (C=O) groups excluding carboxylic acids is 7. The smallest absolute Gasteiger partial charge is 0.756 e. The largest absolute Gasteiger partial charge is 3.00 e. The second-order valence-corrected chi connectivity index (χ2v) is 15.9. The van der Waals surface area contributed by atoms with Crippen LogP contribution in [0.1, 0.15) is 108 Å². The van der Waals surface area contributed by atoms with Gasteiger partial charge in [0.1, 0.15) is 22.9 Å². The Morgan fingerprint density at radius 1 is 0.788 bits per heavy atom. The van der Waals surface area contributed by atoms with Gasteiger partial charge in [-0.3, -0.25) is 39.0 Å². The molecular weight excluding hydrogens is 912 g/mol. The maximum Gasteiger partial charge on any atom is 3.00 e. The number of aliphatic hydroxyl groups is 2. The van der Waals surface area contributed by atoms with Crippen molar-refractivity contribution in [1.29, 1.82) is 5.41 Å². The third kappa shape index (κ3) is 19.0. The zero-order valence-corrected chi connectivity index (χ0v) is 38.7. The normalized spacial score (nSPS) is 18.7. The quantitative estimate of drug-likeness (QED) is 0.0166. The number of nitrogens with two attached hydrogens (primary N) is 1. The van der Waals surface area contributed by atoms with E-state index in [0.29, 0.717) is 74.5 Å². The van der Waals surface area contributed by atoms with E-state index in [1.807, 2.05) is 0 Å². The standard InChI is InChI=1S/C41H65N10O14.Fe/c1-27(53)49(62)20-10-4-7-17-44-31(55)13-15-33(57)50(63)21-11-5-8-18-45-32(56)14-16-34(58)51(64)22-12-6-9-19-46-38(59)28-23-29(25-30(54)24-28)47-40(2)41(61,26-52)36(42)35(37(43)65-3)39(60)48-40;/h23-25,35-36,43,47,52,54,61H,4-22,26,42H2,1-3H3,(H,44,55)(H,45,56)(H,46,59)(H,48,60);/q-3;+3. The third-order valence-corrected chi connectivity index (χ3v) is 10.8. The number of hydrogen-bond donors (Lipinski definition) is 10. The van der Waals surface area contributed by atoms with Crippen LogP contribution in [-0.4, -0.2) is 148 Å². The number of phenols is 1. The van der Waals surface area contributed by atoms with Crippen molar-refractivity contribution in [3.63, 3.8) is 0 Å². The van der Waals surface area contributed by atoms with Gasteiger partial charge in [-0.1, -0.05) is 0 Å². The first-order valence-corrected chi connectivity index (χ1v) is 21.6. The topological polar surface area (TPSA) is 378 Å². The fourth-order valence-electron chi connectivity index (χ4n) is 6.82. The van der Waals surface area contributed by atoms with Crippen LogP contribution < -0.4 is 32.3 Å². The Hall–Kier alpha value is -5.14. The SMILES string of the molecule is COC(=N)C1C(=O)NC(C)(Nc2cc(O)cc(C(=O)NCCCCCN([O-])C(=O)CCC(=O)NCCCCCN([O-])C(=O)CCC(=O)NCCCCCN([O-])C(C)=O)c2)C(O)(CO)C1N.[Fe+3]. The summed E-state index contributed by atoms with van der Waals surface area (Å²) in [6, 6.07) is 2.26. The monoisotopic (exact) mass is 977 g/mol. The number of hydroxylamine groups is 6. The second kappa shape index (κ2) is 29.5. The fourth-order valence-corrected chi connectivity index (χ4v) is 6.82.